The van der Waals surface area contributed by atoms with E-state index < -0.39 is 11.2 Å². The second-order valence-electron chi connectivity index (χ2n) is 7.43. The molecule has 0 saturated carbocycles. The zero-order chi connectivity index (χ0) is 23.8. The van der Waals surface area contributed by atoms with Gasteiger partial charge in [0.1, 0.15) is 11.9 Å². The standard InChI is InChI=1S/C23H15Cl2N5O4/c24-18-9-15(30-23(33)28-20(31)12-27-30)10-19(25)21(18)34-16-3-4-17-13(8-16)5-7-29(22(17)32)14-2-1-6-26-11-14/h1-4,6,8-12H,5,7H2,(H,28,31,33). The number of pyridine rings is 1. The third kappa shape index (κ3) is 4.07. The summed E-state index contributed by atoms with van der Waals surface area (Å²) in [4.78, 5) is 44.1. The summed E-state index contributed by atoms with van der Waals surface area (Å²) in [6, 6.07) is 11.7. The van der Waals surface area contributed by atoms with E-state index in [2.05, 4.69) is 15.1 Å². The number of hydrogen-bond donors (Lipinski definition) is 1. The van der Waals surface area contributed by atoms with Crippen LogP contribution in [-0.2, 0) is 6.42 Å². The van der Waals surface area contributed by atoms with E-state index in [4.69, 9.17) is 27.9 Å². The van der Waals surface area contributed by atoms with E-state index in [1.807, 2.05) is 6.07 Å². The fraction of sp³-hybridized carbons (Fsp3) is 0.0870. The van der Waals surface area contributed by atoms with Gasteiger partial charge < -0.3 is 9.64 Å². The van der Waals surface area contributed by atoms with E-state index >= 15 is 0 Å². The van der Waals surface area contributed by atoms with Crippen LogP contribution in [0.15, 0.2) is 70.6 Å². The van der Waals surface area contributed by atoms with Crippen LogP contribution in [0.2, 0.25) is 10.0 Å². The van der Waals surface area contributed by atoms with Crippen molar-refractivity contribution < 1.29 is 9.53 Å². The van der Waals surface area contributed by atoms with Crippen LogP contribution in [-0.4, -0.2) is 32.2 Å². The number of rotatable bonds is 4. The Morgan fingerprint density at radius 2 is 1.76 bits per heavy atom. The molecule has 2 aromatic heterocycles. The Balaban J connectivity index is 1.42. The molecule has 11 heteroatoms. The molecule has 1 aliphatic rings. The third-order valence-electron chi connectivity index (χ3n) is 5.28. The molecule has 0 atom stereocenters. The maximum Gasteiger partial charge on any atom is 0.349 e. The van der Waals surface area contributed by atoms with Crippen LogP contribution in [0.1, 0.15) is 15.9 Å². The number of carbonyl (C=O) groups excluding carboxylic acids is 1. The number of nitrogens with one attached hydrogen (secondary N) is 1. The molecule has 4 aromatic rings. The lowest BCUT2D eigenvalue weighted by Gasteiger charge is -2.28. The molecule has 3 heterocycles. The molecule has 1 N–H and O–H groups in total. The van der Waals surface area contributed by atoms with Crippen LogP contribution in [0.5, 0.6) is 11.5 Å². The first-order chi connectivity index (χ1) is 16.4. The lowest BCUT2D eigenvalue weighted by atomic mass is 9.98. The molecule has 0 spiro atoms. The molecule has 1 aliphatic heterocycles. The number of halogens is 2. The van der Waals surface area contributed by atoms with Crippen molar-refractivity contribution >= 4 is 34.8 Å². The molecule has 0 radical (unpaired) electrons. The lowest BCUT2D eigenvalue weighted by molar-refractivity contribution is 0.0980. The molecule has 5 rings (SSSR count). The van der Waals surface area contributed by atoms with Crippen molar-refractivity contribution in [1.29, 1.82) is 0 Å². The quantitative estimate of drug-likeness (QED) is 0.462. The van der Waals surface area contributed by atoms with Crippen LogP contribution in [0.3, 0.4) is 0 Å². The van der Waals surface area contributed by atoms with Gasteiger partial charge in [-0.2, -0.15) is 9.78 Å². The van der Waals surface area contributed by atoms with Crippen molar-refractivity contribution in [3.8, 4) is 17.2 Å². The number of carbonyl (C=O) groups is 1. The van der Waals surface area contributed by atoms with Gasteiger partial charge in [-0.25, -0.2) is 4.79 Å². The molecular weight excluding hydrogens is 481 g/mol. The van der Waals surface area contributed by atoms with Gasteiger partial charge in [-0.1, -0.05) is 23.2 Å². The minimum absolute atomic E-state index is 0.111. The van der Waals surface area contributed by atoms with E-state index in [9.17, 15) is 14.4 Å². The second kappa shape index (κ2) is 8.77. The number of ether oxygens (including phenoxy) is 1. The summed E-state index contributed by atoms with van der Waals surface area (Å²) in [6.07, 6.45) is 4.92. The third-order valence-corrected chi connectivity index (χ3v) is 5.84. The number of aromatic amines is 1. The van der Waals surface area contributed by atoms with E-state index in [-0.39, 0.29) is 27.4 Å². The highest BCUT2D eigenvalue weighted by Crippen LogP contribution is 2.39. The summed E-state index contributed by atoms with van der Waals surface area (Å²) in [5, 5.41) is 4.07. The molecule has 34 heavy (non-hydrogen) atoms. The summed E-state index contributed by atoms with van der Waals surface area (Å²) < 4.78 is 6.89. The smallest absolute Gasteiger partial charge is 0.349 e. The van der Waals surface area contributed by atoms with E-state index in [0.29, 0.717) is 24.3 Å². The number of anilines is 1. The number of aromatic nitrogens is 4. The molecule has 0 fully saturated rings. The van der Waals surface area contributed by atoms with Gasteiger partial charge in [0, 0.05) is 18.3 Å². The molecule has 0 saturated heterocycles. The van der Waals surface area contributed by atoms with Crippen molar-refractivity contribution in [3.05, 3.63) is 103 Å². The van der Waals surface area contributed by atoms with Crippen LogP contribution in [0.25, 0.3) is 5.69 Å². The Labute approximate surface area is 202 Å². The zero-order valence-corrected chi connectivity index (χ0v) is 18.9. The van der Waals surface area contributed by atoms with Crippen LogP contribution >= 0.6 is 23.2 Å². The summed E-state index contributed by atoms with van der Waals surface area (Å²) in [7, 11) is 0. The van der Waals surface area contributed by atoms with Crippen molar-refractivity contribution in [2.24, 2.45) is 0 Å². The molecule has 2 aromatic carbocycles. The molecular formula is C23H15Cl2N5O4. The first kappa shape index (κ1) is 21.9. The average molecular weight is 496 g/mol. The normalized spacial score (nSPS) is 13.0. The highest BCUT2D eigenvalue weighted by Gasteiger charge is 2.26. The molecule has 0 aliphatic carbocycles. The lowest BCUT2D eigenvalue weighted by Crippen LogP contribution is -2.37. The Morgan fingerprint density at radius 1 is 0.971 bits per heavy atom. The van der Waals surface area contributed by atoms with E-state index in [1.165, 1.54) is 12.1 Å². The Kier molecular flexibility index (Phi) is 5.64. The van der Waals surface area contributed by atoms with Crippen molar-refractivity contribution in [3.63, 3.8) is 0 Å². The Morgan fingerprint density at radius 3 is 2.47 bits per heavy atom. The molecule has 0 bridgehead atoms. The first-order valence-electron chi connectivity index (χ1n) is 10.1. The predicted molar refractivity (Wildman–Crippen MR) is 127 cm³/mol. The summed E-state index contributed by atoms with van der Waals surface area (Å²) >= 11 is 12.8. The summed E-state index contributed by atoms with van der Waals surface area (Å²) in [5.41, 5.74) is 1.08. The van der Waals surface area contributed by atoms with Gasteiger partial charge in [-0.3, -0.25) is 19.6 Å². The van der Waals surface area contributed by atoms with Crippen molar-refractivity contribution in [1.82, 2.24) is 19.7 Å². The van der Waals surface area contributed by atoms with Gasteiger partial charge in [0.05, 0.1) is 27.6 Å². The van der Waals surface area contributed by atoms with E-state index in [1.54, 1.807) is 41.6 Å². The topological polar surface area (TPSA) is 110 Å². The van der Waals surface area contributed by atoms with Crippen LogP contribution in [0, 0.1) is 0 Å². The number of amides is 1. The first-order valence-corrected chi connectivity index (χ1v) is 10.9. The monoisotopic (exact) mass is 495 g/mol. The number of benzene rings is 2. The second-order valence-corrected chi connectivity index (χ2v) is 8.24. The van der Waals surface area contributed by atoms with Gasteiger partial charge >= 0.3 is 5.69 Å². The fourth-order valence-electron chi connectivity index (χ4n) is 3.71. The van der Waals surface area contributed by atoms with Gasteiger partial charge in [0.2, 0.25) is 0 Å². The SMILES string of the molecule is O=C1c2ccc(Oc3c(Cl)cc(-n4ncc(=O)[nH]c4=O)cc3Cl)cc2CCN1c1cccnc1. The minimum Gasteiger partial charge on any atom is -0.454 e. The largest absolute Gasteiger partial charge is 0.454 e. The van der Waals surface area contributed by atoms with Gasteiger partial charge in [-0.05, 0) is 54.4 Å². The molecule has 1 amide bonds. The molecule has 0 unspecified atom stereocenters. The van der Waals surface area contributed by atoms with Gasteiger partial charge in [0.15, 0.2) is 5.75 Å². The average Bonchev–Trinajstić information content (AvgIpc) is 2.82. The maximum atomic E-state index is 13.0. The number of fused-ring (bicyclic) bond motifs is 1. The maximum absolute atomic E-state index is 13.0. The highest BCUT2D eigenvalue weighted by molar-refractivity contribution is 6.37. The van der Waals surface area contributed by atoms with Crippen molar-refractivity contribution in [2.75, 3.05) is 11.4 Å². The predicted octanol–water partition coefficient (Wildman–Crippen LogP) is 3.62. The summed E-state index contributed by atoms with van der Waals surface area (Å²) in [6.45, 7) is 0.512. The Hall–Kier alpha value is -3.95. The zero-order valence-electron chi connectivity index (χ0n) is 17.4. The van der Waals surface area contributed by atoms with Gasteiger partial charge in [0.25, 0.3) is 11.5 Å². The number of nitrogens with zero attached hydrogens (tertiary/aromatic N) is 4. The van der Waals surface area contributed by atoms with Crippen molar-refractivity contribution in [2.45, 2.75) is 6.42 Å². The fourth-order valence-corrected chi connectivity index (χ4v) is 4.26. The molecule has 9 nitrogen and oxygen atoms in total. The number of H-pyrrole nitrogens is 1. The molecule has 170 valence electrons. The van der Waals surface area contributed by atoms with Gasteiger partial charge in [-0.15, -0.1) is 0 Å². The van der Waals surface area contributed by atoms with Crippen LogP contribution < -0.4 is 20.9 Å². The van der Waals surface area contributed by atoms with E-state index in [0.717, 1.165) is 22.1 Å². The van der Waals surface area contributed by atoms with Crippen LogP contribution in [0.4, 0.5) is 5.69 Å². The summed E-state index contributed by atoms with van der Waals surface area (Å²) in [5.74, 6) is 0.529. The number of hydrogen-bond acceptors (Lipinski definition) is 6. The minimum atomic E-state index is -0.729. The Bertz CT molecular complexity index is 1510. The highest BCUT2D eigenvalue weighted by atomic mass is 35.5.